The van der Waals surface area contributed by atoms with Gasteiger partial charge in [-0.05, 0) is 29.3 Å². The molecule has 0 saturated heterocycles. The standard InChI is InChI=1S/C20H21NO6S/c1-15(22)26-19-10-9-17(13-20(19)27-16(2)23)11-12-28(24,25)21(3)14-18-7-5-4-6-8-18/h4-13H,14H2,1-3H3/b12-11+. The zero-order valence-electron chi connectivity index (χ0n) is 15.8. The summed E-state index contributed by atoms with van der Waals surface area (Å²) in [5.41, 5.74) is 1.33. The molecule has 0 aromatic heterocycles. The van der Waals surface area contributed by atoms with E-state index in [4.69, 9.17) is 9.47 Å². The SMILES string of the molecule is CC(=O)Oc1ccc(/C=C/S(=O)(=O)N(C)Cc2ccccc2)cc1OC(C)=O. The van der Waals surface area contributed by atoms with Crippen molar-refractivity contribution < 1.29 is 27.5 Å². The van der Waals surface area contributed by atoms with E-state index in [1.165, 1.54) is 43.4 Å². The van der Waals surface area contributed by atoms with Crippen molar-refractivity contribution in [1.29, 1.82) is 0 Å². The van der Waals surface area contributed by atoms with Crippen LogP contribution in [0.5, 0.6) is 11.5 Å². The van der Waals surface area contributed by atoms with E-state index in [1.807, 2.05) is 30.3 Å². The summed E-state index contributed by atoms with van der Waals surface area (Å²) in [5, 5.41) is 1.06. The molecule has 0 radical (unpaired) electrons. The van der Waals surface area contributed by atoms with E-state index in [1.54, 1.807) is 6.07 Å². The van der Waals surface area contributed by atoms with Crippen LogP contribution in [0.3, 0.4) is 0 Å². The van der Waals surface area contributed by atoms with Crippen molar-refractivity contribution in [2.24, 2.45) is 0 Å². The molecule has 0 aliphatic carbocycles. The topological polar surface area (TPSA) is 90.0 Å². The minimum absolute atomic E-state index is 0.0277. The Hall–Kier alpha value is -2.97. The van der Waals surface area contributed by atoms with Crippen LogP contribution in [0.1, 0.15) is 25.0 Å². The minimum Gasteiger partial charge on any atom is -0.423 e. The highest BCUT2D eigenvalue weighted by Crippen LogP contribution is 2.29. The first-order chi connectivity index (χ1) is 13.2. The molecule has 0 N–H and O–H groups in total. The average Bonchev–Trinajstić information content (AvgIpc) is 2.62. The Morgan fingerprint density at radius 2 is 1.57 bits per heavy atom. The first kappa shape index (κ1) is 21.3. The van der Waals surface area contributed by atoms with E-state index in [2.05, 4.69) is 0 Å². The van der Waals surface area contributed by atoms with Crippen molar-refractivity contribution in [3.05, 3.63) is 65.1 Å². The third-order valence-electron chi connectivity index (χ3n) is 3.59. The number of carbonyl (C=O) groups excluding carboxylic acids is 2. The zero-order chi connectivity index (χ0) is 20.7. The summed E-state index contributed by atoms with van der Waals surface area (Å²) in [7, 11) is -2.18. The summed E-state index contributed by atoms with van der Waals surface area (Å²) in [4.78, 5) is 22.4. The van der Waals surface area contributed by atoms with Gasteiger partial charge < -0.3 is 9.47 Å². The van der Waals surface area contributed by atoms with Crippen LogP contribution in [0.2, 0.25) is 0 Å². The average molecular weight is 403 g/mol. The number of hydrogen-bond acceptors (Lipinski definition) is 6. The van der Waals surface area contributed by atoms with Crippen LogP contribution in [0.25, 0.3) is 6.08 Å². The monoisotopic (exact) mass is 403 g/mol. The third kappa shape index (κ3) is 6.33. The number of hydrogen-bond donors (Lipinski definition) is 0. The zero-order valence-corrected chi connectivity index (χ0v) is 16.6. The van der Waals surface area contributed by atoms with Gasteiger partial charge in [-0.25, -0.2) is 8.42 Å². The van der Waals surface area contributed by atoms with Gasteiger partial charge in [-0.2, -0.15) is 4.31 Å². The van der Waals surface area contributed by atoms with Gasteiger partial charge in [-0.15, -0.1) is 0 Å². The fourth-order valence-corrected chi connectivity index (χ4v) is 3.17. The molecule has 0 saturated carbocycles. The van der Waals surface area contributed by atoms with Crippen molar-refractivity contribution in [1.82, 2.24) is 4.31 Å². The van der Waals surface area contributed by atoms with Gasteiger partial charge in [0.2, 0.25) is 10.0 Å². The lowest BCUT2D eigenvalue weighted by molar-refractivity contribution is -0.134. The van der Waals surface area contributed by atoms with E-state index in [-0.39, 0.29) is 18.0 Å². The van der Waals surface area contributed by atoms with E-state index < -0.39 is 22.0 Å². The van der Waals surface area contributed by atoms with Crippen LogP contribution < -0.4 is 9.47 Å². The predicted octanol–water partition coefficient (Wildman–Crippen LogP) is 2.97. The molecule has 2 aromatic rings. The summed E-state index contributed by atoms with van der Waals surface area (Å²) in [6, 6.07) is 13.6. The molecular formula is C20H21NO6S. The Kier molecular flexibility index (Phi) is 7.08. The molecule has 0 atom stereocenters. The summed E-state index contributed by atoms with van der Waals surface area (Å²) in [6.07, 6.45) is 1.38. The van der Waals surface area contributed by atoms with E-state index in [9.17, 15) is 18.0 Å². The quantitative estimate of drug-likeness (QED) is 0.522. The minimum atomic E-state index is -3.66. The second-order valence-corrected chi connectivity index (χ2v) is 7.91. The lowest BCUT2D eigenvalue weighted by Gasteiger charge is -2.14. The Labute approximate surface area is 164 Å². The third-order valence-corrected chi connectivity index (χ3v) is 5.07. The fraction of sp³-hybridized carbons (Fsp3) is 0.200. The number of benzene rings is 2. The number of rotatable bonds is 7. The summed E-state index contributed by atoms with van der Waals surface area (Å²) < 4.78 is 36.2. The van der Waals surface area contributed by atoms with Crippen LogP contribution in [0, 0.1) is 0 Å². The molecule has 2 aromatic carbocycles. The molecular weight excluding hydrogens is 382 g/mol. The number of carbonyl (C=O) groups is 2. The highest BCUT2D eigenvalue weighted by molar-refractivity contribution is 7.92. The molecule has 0 fully saturated rings. The summed E-state index contributed by atoms with van der Waals surface area (Å²) >= 11 is 0. The Morgan fingerprint density at radius 3 is 2.18 bits per heavy atom. The van der Waals surface area contributed by atoms with Crippen molar-refractivity contribution in [3.63, 3.8) is 0 Å². The lowest BCUT2D eigenvalue weighted by Crippen LogP contribution is -2.24. The van der Waals surface area contributed by atoms with Crippen LogP contribution >= 0.6 is 0 Å². The number of ether oxygens (including phenoxy) is 2. The molecule has 0 bridgehead atoms. The molecule has 0 unspecified atom stereocenters. The molecule has 0 amide bonds. The smallest absolute Gasteiger partial charge is 0.308 e. The van der Waals surface area contributed by atoms with E-state index >= 15 is 0 Å². The van der Waals surface area contributed by atoms with E-state index in [0.29, 0.717) is 5.56 Å². The first-order valence-electron chi connectivity index (χ1n) is 8.36. The molecule has 0 spiro atoms. The highest BCUT2D eigenvalue weighted by Gasteiger charge is 2.15. The largest absolute Gasteiger partial charge is 0.423 e. The fourth-order valence-electron chi connectivity index (χ4n) is 2.30. The van der Waals surface area contributed by atoms with Crippen molar-refractivity contribution in [2.75, 3.05) is 7.05 Å². The van der Waals surface area contributed by atoms with Crippen LogP contribution in [-0.4, -0.2) is 31.7 Å². The normalized spacial score (nSPS) is 11.6. The van der Waals surface area contributed by atoms with Crippen molar-refractivity contribution in [2.45, 2.75) is 20.4 Å². The maximum atomic E-state index is 12.5. The first-order valence-corrected chi connectivity index (χ1v) is 9.87. The van der Waals surface area contributed by atoms with Crippen LogP contribution in [0.15, 0.2) is 53.9 Å². The molecule has 8 heteroatoms. The Morgan fingerprint density at radius 1 is 0.964 bits per heavy atom. The van der Waals surface area contributed by atoms with Crippen LogP contribution in [0.4, 0.5) is 0 Å². The van der Waals surface area contributed by atoms with Gasteiger partial charge in [0, 0.05) is 32.8 Å². The Bertz CT molecular complexity index is 983. The molecule has 0 heterocycles. The van der Waals surface area contributed by atoms with Gasteiger partial charge in [0.1, 0.15) is 0 Å². The Balaban J connectivity index is 2.21. The predicted molar refractivity (Wildman–Crippen MR) is 105 cm³/mol. The van der Waals surface area contributed by atoms with Gasteiger partial charge in [-0.1, -0.05) is 36.4 Å². The van der Waals surface area contributed by atoms with E-state index in [0.717, 1.165) is 11.0 Å². The molecule has 7 nitrogen and oxygen atoms in total. The summed E-state index contributed by atoms with van der Waals surface area (Å²) in [6.45, 7) is 2.67. The molecule has 0 aliphatic rings. The van der Waals surface area contributed by atoms with Gasteiger partial charge in [0.05, 0.1) is 0 Å². The molecule has 2 rings (SSSR count). The van der Waals surface area contributed by atoms with Gasteiger partial charge in [0.15, 0.2) is 11.5 Å². The highest BCUT2D eigenvalue weighted by atomic mass is 32.2. The molecule has 28 heavy (non-hydrogen) atoms. The number of sulfonamides is 1. The maximum Gasteiger partial charge on any atom is 0.308 e. The van der Waals surface area contributed by atoms with Crippen LogP contribution in [-0.2, 0) is 26.2 Å². The maximum absolute atomic E-state index is 12.5. The number of nitrogens with zero attached hydrogens (tertiary/aromatic N) is 1. The van der Waals surface area contributed by atoms with Gasteiger partial charge in [-0.3, -0.25) is 9.59 Å². The van der Waals surface area contributed by atoms with Gasteiger partial charge >= 0.3 is 11.9 Å². The van der Waals surface area contributed by atoms with Crippen molar-refractivity contribution >= 4 is 28.0 Å². The second-order valence-electron chi connectivity index (χ2n) is 5.98. The molecule has 148 valence electrons. The second kappa shape index (κ2) is 9.29. The lowest BCUT2D eigenvalue weighted by atomic mass is 10.2. The van der Waals surface area contributed by atoms with Gasteiger partial charge in [0.25, 0.3) is 0 Å². The van der Waals surface area contributed by atoms with Crippen molar-refractivity contribution in [3.8, 4) is 11.5 Å². The summed E-state index contributed by atoms with van der Waals surface area (Å²) in [5.74, 6) is -1.06. The number of esters is 2. The molecule has 0 aliphatic heterocycles.